The van der Waals surface area contributed by atoms with Gasteiger partial charge in [0, 0.05) is 15.9 Å². The van der Waals surface area contributed by atoms with Crippen molar-refractivity contribution in [3.63, 3.8) is 0 Å². The highest BCUT2D eigenvalue weighted by Gasteiger charge is 2.20. The molecule has 0 nitrogen and oxygen atoms in total. The lowest BCUT2D eigenvalue weighted by Crippen LogP contribution is -2.26. The number of benzene rings is 2. The molecule has 1 unspecified atom stereocenters. The van der Waals surface area contributed by atoms with Crippen molar-refractivity contribution in [1.82, 2.24) is 0 Å². The Hall–Kier alpha value is -2.16. The molecule has 0 aromatic heterocycles. The van der Waals surface area contributed by atoms with Crippen molar-refractivity contribution in [1.29, 1.82) is 0 Å². The summed E-state index contributed by atoms with van der Waals surface area (Å²) in [5, 5.41) is 3.48. The van der Waals surface area contributed by atoms with Crippen LogP contribution in [0, 0.1) is 0 Å². The van der Waals surface area contributed by atoms with Crippen LogP contribution in [0.5, 0.6) is 0 Å². The van der Waals surface area contributed by atoms with Crippen LogP contribution in [-0.4, -0.2) is 16.8 Å². The van der Waals surface area contributed by atoms with E-state index in [1.54, 1.807) is 5.57 Å². The predicted octanol–water partition coefficient (Wildman–Crippen LogP) is 5.42. The Morgan fingerprint density at radius 2 is 1.79 bits per heavy atom. The zero-order chi connectivity index (χ0) is 18.8. The lowest BCUT2D eigenvalue weighted by molar-refractivity contribution is 1.23. The average molecular weight is 399 g/mol. The van der Waals surface area contributed by atoms with Gasteiger partial charge in [-0.2, -0.15) is 0 Å². The molecule has 1 atom stereocenters. The summed E-state index contributed by atoms with van der Waals surface area (Å²) in [7, 11) is 0. The monoisotopic (exact) mass is 398 g/mol. The van der Waals surface area contributed by atoms with Gasteiger partial charge in [0.25, 0.3) is 0 Å². The fourth-order valence-electron chi connectivity index (χ4n) is 4.09. The van der Waals surface area contributed by atoms with Gasteiger partial charge >= 0.3 is 0 Å². The third-order valence-electron chi connectivity index (χ3n) is 5.45. The molecule has 4 aliphatic rings. The molecular formula is C26H22S2. The standard InChI is InChI=1S/C13H12S.C13H10S/c2*1-2-6-11-10(4-1)5-3-7-13-12(11)8-9-14-13/h1-7,13H,8-9H2;1-8H,9H2. The second-order valence-electron chi connectivity index (χ2n) is 7.11. The van der Waals surface area contributed by atoms with Crippen LogP contribution in [0.15, 0.2) is 83.8 Å². The zero-order valence-electron chi connectivity index (χ0n) is 15.7. The quantitative estimate of drug-likeness (QED) is 0.581. The fourth-order valence-corrected chi connectivity index (χ4v) is 6.29. The van der Waals surface area contributed by atoms with Gasteiger partial charge in [0.2, 0.25) is 0 Å². The van der Waals surface area contributed by atoms with Crippen molar-refractivity contribution in [3.8, 4) is 0 Å². The van der Waals surface area contributed by atoms with E-state index < -0.39 is 0 Å². The second kappa shape index (κ2) is 8.06. The molecule has 2 heteroatoms. The third kappa shape index (κ3) is 3.47. The molecule has 28 heavy (non-hydrogen) atoms. The maximum Gasteiger partial charge on any atom is 0.0449 e. The second-order valence-corrected chi connectivity index (χ2v) is 9.42. The summed E-state index contributed by atoms with van der Waals surface area (Å²) in [6.07, 6.45) is 16.9. The van der Waals surface area contributed by atoms with Gasteiger partial charge in [0.1, 0.15) is 0 Å². The molecule has 0 spiro atoms. The minimum absolute atomic E-state index is 0.634. The largest absolute Gasteiger partial charge is 0.150 e. The highest BCUT2D eigenvalue weighted by Crippen LogP contribution is 2.40. The SMILES string of the molecule is C1=CC2SCCC2=c2ccccc2=C1.C1=Cc2ccccc2C2=CCSC2=C1. The summed E-state index contributed by atoms with van der Waals surface area (Å²) in [6, 6.07) is 17.3. The van der Waals surface area contributed by atoms with Crippen LogP contribution in [0.4, 0.5) is 0 Å². The first-order chi connectivity index (χ1) is 13.9. The average Bonchev–Trinajstić information content (AvgIpc) is 3.32. The maximum absolute atomic E-state index is 2.33. The van der Waals surface area contributed by atoms with E-state index >= 15 is 0 Å². The van der Waals surface area contributed by atoms with Gasteiger partial charge in [-0.3, -0.25) is 0 Å². The molecule has 0 bridgehead atoms. The molecule has 1 fully saturated rings. The highest BCUT2D eigenvalue weighted by atomic mass is 32.2. The number of allylic oxidation sites excluding steroid dienone is 4. The number of rotatable bonds is 0. The van der Waals surface area contributed by atoms with Crippen LogP contribution in [-0.2, 0) is 0 Å². The number of hydrogen-bond donors (Lipinski definition) is 0. The van der Waals surface area contributed by atoms with Gasteiger partial charge in [0.15, 0.2) is 0 Å². The van der Waals surface area contributed by atoms with Crippen LogP contribution in [0.3, 0.4) is 0 Å². The zero-order valence-corrected chi connectivity index (χ0v) is 17.3. The van der Waals surface area contributed by atoms with E-state index in [1.165, 1.54) is 44.2 Å². The molecule has 6 rings (SSSR count). The first-order valence-electron chi connectivity index (χ1n) is 9.79. The Balaban J connectivity index is 0.000000122. The Morgan fingerprint density at radius 3 is 2.79 bits per heavy atom. The molecule has 2 aromatic carbocycles. The summed E-state index contributed by atoms with van der Waals surface area (Å²) in [6.45, 7) is 0. The number of hydrogen-bond acceptors (Lipinski definition) is 2. The van der Waals surface area contributed by atoms with Gasteiger partial charge in [-0.05, 0) is 51.0 Å². The van der Waals surface area contributed by atoms with E-state index in [2.05, 4.69) is 103 Å². The van der Waals surface area contributed by atoms with Gasteiger partial charge < -0.3 is 0 Å². The van der Waals surface area contributed by atoms with E-state index in [0.29, 0.717) is 5.25 Å². The van der Waals surface area contributed by atoms with Gasteiger partial charge in [-0.1, -0.05) is 85.0 Å². The smallest absolute Gasteiger partial charge is 0.0449 e. The number of fused-ring (bicyclic) bond motifs is 5. The highest BCUT2D eigenvalue weighted by molar-refractivity contribution is 8.04. The van der Waals surface area contributed by atoms with Crippen LogP contribution in [0.1, 0.15) is 17.5 Å². The van der Waals surface area contributed by atoms with Crippen LogP contribution in [0.25, 0.3) is 23.3 Å². The van der Waals surface area contributed by atoms with E-state index in [4.69, 9.17) is 0 Å². The van der Waals surface area contributed by atoms with Crippen LogP contribution < -0.4 is 10.4 Å². The van der Waals surface area contributed by atoms with Crippen molar-refractivity contribution in [2.45, 2.75) is 11.7 Å². The van der Waals surface area contributed by atoms with Gasteiger partial charge in [-0.25, -0.2) is 0 Å². The van der Waals surface area contributed by atoms with E-state index in [0.717, 1.165) is 5.75 Å². The minimum Gasteiger partial charge on any atom is -0.150 e. The molecule has 2 aliphatic carbocycles. The molecule has 0 radical (unpaired) electrons. The van der Waals surface area contributed by atoms with Crippen molar-refractivity contribution in [2.75, 3.05) is 11.5 Å². The Labute approximate surface area is 175 Å². The maximum atomic E-state index is 2.33. The fraction of sp³-hybridized carbons (Fsp3) is 0.154. The van der Waals surface area contributed by atoms with E-state index in [9.17, 15) is 0 Å². The third-order valence-corrected chi connectivity index (χ3v) is 7.69. The normalized spacial score (nSPS) is 20.9. The van der Waals surface area contributed by atoms with E-state index in [1.807, 2.05) is 11.8 Å². The lowest BCUT2D eigenvalue weighted by Gasteiger charge is -2.06. The van der Waals surface area contributed by atoms with Crippen molar-refractivity contribution >= 4 is 46.8 Å². The Bertz CT molecular complexity index is 1140. The summed E-state index contributed by atoms with van der Waals surface area (Å²) in [5.74, 6) is 2.39. The molecule has 0 amide bonds. The van der Waals surface area contributed by atoms with Crippen molar-refractivity contribution < 1.29 is 0 Å². The lowest BCUT2D eigenvalue weighted by atomic mass is 10.0. The van der Waals surface area contributed by atoms with Crippen molar-refractivity contribution in [3.05, 3.63) is 105 Å². The van der Waals surface area contributed by atoms with Gasteiger partial charge in [-0.15, -0.1) is 23.5 Å². The Kier molecular flexibility index (Phi) is 5.16. The summed E-state index contributed by atoms with van der Waals surface area (Å²) in [4.78, 5) is 1.41. The minimum atomic E-state index is 0.634. The number of thioether (sulfide) groups is 2. The predicted molar refractivity (Wildman–Crippen MR) is 128 cm³/mol. The molecule has 2 aromatic rings. The Morgan fingerprint density at radius 1 is 0.893 bits per heavy atom. The topological polar surface area (TPSA) is 0 Å². The summed E-state index contributed by atoms with van der Waals surface area (Å²) < 4.78 is 0. The van der Waals surface area contributed by atoms with E-state index in [-0.39, 0.29) is 0 Å². The van der Waals surface area contributed by atoms with Gasteiger partial charge in [0.05, 0.1) is 0 Å². The first kappa shape index (κ1) is 17.9. The molecule has 0 N–H and O–H groups in total. The van der Waals surface area contributed by atoms with Crippen LogP contribution >= 0.6 is 23.5 Å². The summed E-state index contributed by atoms with van der Waals surface area (Å²) in [5.41, 5.74) is 5.73. The molecule has 2 aliphatic heterocycles. The summed E-state index contributed by atoms with van der Waals surface area (Å²) >= 11 is 3.98. The molecule has 1 saturated heterocycles. The molecule has 0 saturated carbocycles. The van der Waals surface area contributed by atoms with Crippen LogP contribution in [0.2, 0.25) is 0 Å². The first-order valence-corrected chi connectivity index (χ1v) is 11.8. The van der Waals surface area contributed by atoms with Crippen molar-refractivity contribution in [2.24, 2.45) is 0 Å². The molecule has 138 valence electrons. The molecule has 2 heterocycles. The molecular weight excluding hydrogens is 376 g/mol.